The number of nitrogens with one attached hydrogen (secondary N) is 1. The molecule has 0 saturated heterocycles. The van der Waals surface area contributed by atoms with E-state index in [9.17, 15) is 10.1 Å². The van der Waals surface area contributed by atoms with Gasteiger partial charge in [-0.3, -0.25) is 10.1 Å². The second kappa shape index (κ2) is 7.53. The summed E-state index contributed by atoms with van der Waals surface area (Å²) in [7, 11) is 0. The van der Waals surface area contributed by atoms with Gasteiger partial charge in [-0.1, -0.05) is 35.5 Å². The Morgan fingerprint density at radius 2 is 1.73 bits per heavy atom. The van der Waals surface area contributed by atoms with E-state index in [1.807, 2.05) is 63.2 Å². The topological polar surface area (TPSA) is 81.0 Å². The maximum absolute atomic E-state index is 11.7. The Labute approximate surface area is 155 Å². The van der Waals surface area contributed by atoms with Crippen molar-refractivity contribution in [1.29, 1.82) is 0 Å². The minimum atomic E-state index is -0.445. The van der Waals surface area contributed by atoms with Crippen LogP contribution in [-0.4, -0.2) is 14.9 Å². The van der Waals surface area contributed by atoms with Crippen LogP contribution in [0.1, 0.15) is 16.7 Å². The fraction of sp³-hybridized carbons (Fsp3) is 0.158. The lowest BCUT2D eigenvalue weighted by Crippen LogP contribution is -2.03. The first-order chi connectivity index (χ1) is 12.4. The molecule has 0 bridgehead atoms. The zero-order chi connectivity index (χ0) is 18.7. The lowest BCUT2D eigenvalue weighted by atomic mass is 10.1. The van der Waals surface area contributed by atoms with Crippen molar-refractivity contribution in [2.24, 2.45) is 0 Å². The van der Waals surface area contributed by atoms with Crippen molar-refractivity contribution in [2.75, 3.05) is 5.32 Å². The van der Waals surface area contributed by atoms with E-state index in [0.29, 0.717) is 5.03 Å². The second-order valence-electron chi connectivity index (χ2n) is 5.97. The first-order valence-electron chi connectivity index (χ1n) is 8.02. The molecule has 0 amide bonds. The molecule has 1 N–H and O–H groups in total. The van der Waals surface area contributed by atoms with Gasteiger partial charge in [0.2, 0.25) is 5.82 Å². The Morgan fingerprint density at radius 3 is 2.38 bits per heavy atom. The Hall–Kier alpha value is -2.93. The molecule has 26 heavy (non-hydrogen) atoms. The quantitative estimate of drug-likeness (QED) is 0.379. The standard InChI is InChI=1S/C19H18N4O2S/c1-12-4-8-16(9-5-12)26-19-17(23(24)25)18(20-11-21-19)22-15-7-6-13(2)14(3)10-15/h4-11H,1-3H3,(H,20,21,22). The summed E-state index contributed by atoms with van der Waals surface area (Å²) < 4.78 is 0. The van der Waals surface area contributed by atoms with Crippen LogP contribution in [0, 0.1) is 30.9 Å². The predicted molar refractivity (Wildman–Crippen MR) is 103 cm³/mol. The highest BCUT2D eigenvalue weighted by Crippen LogP contribution is 2.37. The number of hydrogen-bond acceptors (Lipinski definition) is 6. The van der Waals surface area contributed by atoms with Crippen LogP contribution in [0.2, 0.25) is 0 Å². The average molecular weight is 366 g/mol. The third-order valence-corrected chi connectivity index (χ3v) is 4.98. The maximum Gasteiger partial charge on any atom is 0.343 e. The lowest BCUT2D eigenvalue weighted by Gasteiger charge is -2.10. The molecular formula is C19H18N4O2S. The molecule has 0 spiro atoms. The van der Waals surface area contributed by atoms with Gasteiger partial charge in [-0.05, 0) is 56.2 Å². The summed E-state index contributed by atoms with van der Waals surface area (Å²) in [6, 6.07) is 13.5. The molecule has 0 aliphatic rings. The zero-order valence-electron chi connectivity index (χ0n) is 14.7. The summed E-state index contributed by atoms with van der Waals surface area (Å²) in [5, 5.41) is 15.0. The highest BCUT2D eigenvalue weighted by molar-refractivity contribution is 7.99. The first-order valence-corrected chi connectivity index (χ1v) is 8.84. The van der Waals surface area contributed by atoms with E-state index < -0.39 is 4.92 Å². The van der Waals surface area contributed by atoms with Gasteiger partial charge in [0.15, 0.2) is 5.03 Å². The number of aryl methyl sites for hydroxylation is 3. The Balaban J connectivity index is 1.96. The molecule has 1 aromatic heterocycles. The highest BCUT2D eigenvalue weighted by atomic mass is 32.2. The van der Waals surface area contributed by atoms with Crippen molar-refractivity contribution in [1.82, 2.24) is 9.97 Å². The smallest absolute Gasteiger partial charge is 0.334 e. The molecular weight excluding hydrogens is 348 g/mol. The van der Waals surface area contributed by atoms with Crippen molar-refractivity contribution < 1.29 is 4.92 Å². The SMILES string of the molecule is Cc1ccc(Sc2ncnc(Nc3ccc(C)c(C)c3)c2[N+](=O)[O-])cc1. The van der Waals surface area contributed by atoms with Gasteiger partial charge in [-0.2, -0.15) is 0 Å². The van der Waals surface area contributed by atoms with E-state index in [1.165, 1.54) is 18.1 Å². The third-order valence-electron chi connectivity index (χ3n) is 3.98. The van der Waals surface area contributed by atoms with Crippen molar-refractivity contribution in [3.05, 3.63) is 75.6 Å². The fourth-order valence-electron chi connectivity index (χ4n) is 2.37. The van der Waals surface area contributed by atoms with Crippen LogP contribution in [0.25, 0.3) is 0 Å². The van der Waals surface area contributed by atoms with Gasteiger partial charge in [0, 0.05) is 10.6 Å². The summed E-state index contributed by atoms with van der Waals surface area (Å²) in [5.74, 6) is 0.183. The predicted octanol–water partition coefficient (Wildman–Crippen LogP) is 5.20. The number of rotatable bonds is 5. The number of benzene rings is 2. The van der Waals surface area contributed by atoms with Crippen LogP contribution in [0.3, 0.4) is 0 Å². The minimum absolute atomic E-state index is 0.128. The molecule has 3 aromatic rings. The molecule has 0 unspecified atom stereocenters. The maximum atomic E-state index is 11.7. The highest BCUT2D eigenvalue weighted by Gasteiger charge is 2.24. The van der Waals surface area contributed by atoms with Crippen molar-refractivity contribution in [3.8, 4) is 0 Å². The van der Waals surface area contributed by atoms with Gasteiger partial charge in [0.25, 0.3) is 0 Å². The largest absolute Gasteiger partial charge is 0.343 e. The number of nitrogens with zero attached hydrogens (tertiary/aromatic N) is 3. The molecule has 0 aliphatic heterocycles. The lowest BCUT2D eigenvalue weighted by molar-refractivity contribution is -0.387. The molecule has 6 nitrogen and oxygen atoms in total. The van der Waals surface area contributed by atoms with Gasteiger partial charge in [0.05, 0.1) is 4.92 Å². The van der Waals surface area contributed by atoms with E-state index in [2.05, 4.69) is 15.3 Å². The monoisotopic (exact) mass is 366 g/mol. The Bertz CT molecular complexity index is 958. The molecule has 132 valence electrons. The summed E-state index contributed by atoms with van der Waals surface area (Å²) in [6.07, 6.45) is 1.34. The van der Waals surface area contributed by atoms with Crippen LogP contribution in [-0.2, 0) is 0 Å². The van der Waals surface area contributed by atoms with Gasteiger partial charge >= 0.3 is 5.69 Å². The molecule has 2 aromatic carbocycles. The summed E-state index contributed by atoms with van der Waals surface area (Å²) in [6.45, 7) is 6.00. The molecule has 0 aliphatic carbocycles. The summed E-state index contributed by atoms with van der Waals surface area (Å²) >= 11 is 1.25. The van der Waals surface area contributed by atoms with Gasteiger partial charge < -0.3 is 5.32 Å². The number of anilines is 2. The van der Waals surface area contributed by atoms with E-state index >= 15 is 0 Å². The molecule has 3 rings (SSSR count). The second-order valence-corrected chi connectivity index (χ2v) is 7.03. The van der Waals surface area contributed by atoms with E-state index in [1.54, 1.807) is 0 Å². The molecule has 0 atom stereocenters. The Morgan fingerprint density at radius 1 is 1.00 bits per heavy atom. The number of nitro groups is 1. The molecule has 7 heteroatoms. The van der Waals surface area contributed by atoms with Crippen LogP contribution < -0.4 is 5.32 Å². The van der Waals surface area contributed by atoms with Gasteiger partial charge in [-0.15, -0.1) is 0 Å². The van der Waals surface area contributed by atoms with Crippen LogP contribution in [0.4, 0.5) is 17.2 Å². The average Bonchev–Trinajstić information content (AvgIpc) is 2.60. The Kier molecular flexibility index (Phi) is 5.18. The summed E-state index contributed by atoms with van der Waals surface area (Å²) in [4.78, 5) is 20.3. The normalized spacial score (nSPS) is 10.6. The van der Waals surface area contributed by atoms with Crippen molar-refractivity contribution in [2.45, 2.75) is 30.7 Å². The molecule has 0 saturated carbocycles. The van der Waals surface area contributed by atoms with Crippen LogP contribution in [0.15, 0.2) is 58.7 Å². The molecule has 1 heterocycles. The van der Waals surface area contributed by atoms with E-state index in [4.69, 9.17) is 0 Å². The fourth-order valence-corrected chi connectivity index (χ4v) is 3.23. The van der Waals surface area contributed by atoms with Gasteiger partial charge in [-0.25, -0.2) is 9.97 Å². The van der Waals surface area contributed by atoms with Gasteiger partial charge in [0.1, 0.15) is 6.33 Å². The minimum Gasteiger partial charge on any atom is -0.334 e. The number of aromatic nitrogens is 2. The third kappa shape index (κ3) is 4.00. The van der Waals surface area contributed by atoms with E-state index in [-0.39, 0.29) is 11.5 Å². The van der Waals surface area contributed by atoms with E-state index in [0.717, 1.165) is 27.3 Å². The summed E-state index contributed by atoms with van der Waals surface area (Å²) in [5.41, 5.74) is 4.01. The van der Waals surface area contributed by atoms with Crippen LogP contribution >= 0.6 is 11.8 Å². The molecule has 0 radical (unpaired) electrons. The van der Waals surface area contributed by atoms with Crippen LogP contribution in [0.5, 0.6) is 0 Å². The van der Waals surface area contributed by atoms with Crippen molar-refractivity contribution in [3.63, 3.8) is 0 Å². The first kappa shape index (κ1) is 17.9. The zero-order valence-corrected chi connectivity index (χ0v) is 15.5. The molecule has 0 fully saturated rings. The number of hydrogen-bond donors (Lipinski definition) is 1. The van der Waals surface area contributed by atoms with Crippen molar-refractivity contribution >= 4 is 29.0 Å².